The highest BCUT2D eigenvalue weighted by Gasteiger charge is 2.11. The van der Waals surface area contributed by atoms with E-state index in [1.54, 1.807) is 36.4 Å². The summed E-state index contributed by atoms with van der Waals surface area (Å²) in [6.45, 7) is -0.161. The van der Waals surface area contributed by atoms with Crippen molar-refractivity contribution in [1.82, 2.24) is 5.32 Å². The number of anilines is 1. The summed E-state index contributed by atoms with van der Waals surface area (Å²) in [6.07, 6.45) is 0. The lowest BCUT2D eigenvalue weighted by Crippen LogP contribution is -2.32. The van der Waals surface area contributed by atoms with Crippen molar-refractivity contribution >= 4 is 33.4 Å². The summed E-state index contributed by atoms with van der Waals surface area (Å²) >= 11 is 3.30. The molecule has 6 nitrogen and oxygen atoms in total. The Morgan fingerprint density at radius 2 is 1.88 bits per heavy atom. The van der Waals surface area contributed by atoms with Crippen LogP contribution in [0.1, 0.15) is 10.4 Å². The fourth-order valence-electron chi connectivity index (χ4n) is 2.00. The van der Waals surface area contributed by atoms with Crippen LogP contribution >= 0.6 is 15.9 Å². The Balaban J connectivity index is 1.97. The highest BCUT2D eigenvalue weighted by molar-refractivity contribution is 9.10. The van der Waals surface area contributed by atoms with Gasteiger partial charge in [-0.05, 0) is 30.3 Å². The molecule has 0 saturated heterocycles. The maximum absolute atomic E-state index is 12.1. The molecule has 0 aliphatic carbocycles. The van der Waals surface area contributed by atoms with Gasteiger partial charge in [0.05, 0.1) is 26.5 Å². The highest BCUT2D eigenvalue weighted by atomic mass is 79.9. The van der Waals surface area contributed by atoms with Gasteiger partial charge >= 0.3 is 0 Å². The summed E-state index contributed by atoms with van der Waals surface area (Å²) in [6, 6.07) is 12.0. The van der Waals surface area contributed by atoms with E-state index >= 15 is 0 Å². The summed E-state index contributed by atoms with van der Waals surface area (Å²) in [5.74, 6) is 0.390. The number of hydrogen-bond donors (Lipinski definition) is 2. The summed E-state index contributed by atoms with van der Waals surface area (Å²) in [4.78, 5) is 24.1. The summed E-state index contributed by atoms with van der Waals surface area (Å²) in [7, 11) is 3.04. The van der Waals surface area contributed by atoms with Crippen LogP contribution in [0.5, 0.6) is 11.5 Å². The standard InChI is InChI=1S/C17H17BrN2O4/c1-23-13-6-7-15(24-2)14(9-13)20-16(21)10-19-17(22)11-4-3-5-12(18)8-11/h3-9H,10H2,1-2H3,(H,19,22)(H,20,21). The Kier molecular flexibility index (Phi) is 6.20. The molecule has 2 rings (SSSR count). The largest absolute Gasteiger partial charge is 0.497 e. The maximum atomic E-state index is 12.1. The minimum absolute atomic E-state index is 0.161. The van der Waals surface area contributed by atoms with Gasteiger partial charge in [-0.3, -0.25) is 9.59 Å². The van der Waals surface area contributed by atoms with E-state index in [2.05, 4.69) is 26.6 Å². The molecule has 0 atom stereocenters. The molecule has 0 unspecified atom stereocenters. The van der Waals surface area contributed by atoms with Crippen LogP contribution in [0, 0.1) is 0 Å². The van der Waals surface area contributed by atoms with Crippen molar-refractivity contribution in [3.8, 4) is 11.5 Å². The first-order chi connectivity index (χ1) is 11.5. The maximum Gasteiger partial charge on any atom is 0.251 e. The molecule has 0 bridgehead atoms. The van der Waals surface area contributed by atoms with Crippen molar-refractivity contribution < 1.29 is 19.1 Å². The molecule has 0 heterocycles. The van der Waals surface area contributed by atoms with Gasteiger partial charge in [-0.25, -0.2) is 0 Å². The summed E-state index contributed by atoms with van der Waals surface area (Å²) < 4.78 is 11.1. The molecular weight excluding hydrogens is 376 g/mol. The first-order valence-electron chi connectivity index (χ1n) is 7.09. The Morgan fingerprint density at radius 3 is 2.54 bits per heavy atom. The number of carbonyl (C=O) groups excluding carboxylic acids is 2. The Bertz CT molecular complexity index is 749. The molecule has 126 valence electrons. The predicted molar refractivity (Wildman–Crippen MR) is 94.7 cm³/mol. The van der Waals surface area contributed by atoms with E-state index in [4.69, 9.17) is 9.47 Å². The average molecular weight is 393 g/mol. The van der Waals surface area contributed by atoms with Crippen molar-refractivity contribution in [2.45, 2.75) is 0 Å². The lowest BCUT2D eigenvalue weighted by Gasteiger charge is -2.12. The van der Waals surface area contributed by atoms with Gasteiger partial charge < -0.3 is 20.1 Å². The molecule has 24 heavy (non-hydrogen) atoms. The van der Waals surface area contributed by atoms with Crippen LogP contribution in [0.25, 0.3) is 0 Å². The predicted octanol–water partition coefficient (Wildman–Crippen LogP) is 2.83. The zero-order chi connectivity index (χ0) is 17.5. The van der Waals surface area contributed by atoms with E-state index in [1.807, 2.05) is 6.07 Å². The third-order valence-electron chi connectivity index (χ3n) is 3.18. The lowest BCUT2D eigenvalue weighted by molar-refractivity contribution is -0.115. The van der Waals surface area contributed by atoms with Crippen LogP contribution in [0.2, 0.25) is 0 Å². The molecule has 7 heteroatoms. The number of carbonyl (C=O) groups is 2. The van der Waals surface area contributed by atoms with Gasteiger partial charge in [0.15, 0.2) is 0 Å². The quantitative estimate of drug-likeness (QED) is 0.792. The number of halogens is 1. The summed E-state index contributed by atoms with van der Waals surface area (Å²) in [5.41, 5.74) is 0.940. The lowest BCUT2D eigenvalue weighted by atomic mass is 10.2. The van der Waals surface area contributed by atoms with E-state index in [0.29, 0.717) is 22.7 Å². The minimum Gasteiger partial charge on any atom is -0.497 e. The fraction of sp³-hybridized carbons (Fsp3) is 0.176. The molecule has 0 fully saturated rings. The molecule has 0 aliphatic heterocycles. The second kappa shape index (κ2) is 8.35. The van der Waals surface area contributed by atoms with Crippen LogP contribution < -0.4 is 20.1 Å². The third-order valence-corrected chi connectivity index (χ3v) is 3.67. The number of amides is 2. The number of benzene rings is 2. The van der Waals surface area contributed by atoms with Gasteiger partial charge in [-0.2, -0.15) is 0 Å². The minimum atomic E-state index is -0.370. The van der Waals surface area contributed by atoms with E-state index in [-0.39, 0.29) is 18.4 Å². The van der Waals surface area contributed by atoms with Gasteiger partial charge in [-0.15, -0.1) is 0 Å². The van der Waals surface area contributed by atoms with Crippen molar-refractivity contribution in [2.75, 3.05) is 26.1 Å². The zero-order valence-electron chi connectivity index (χ0n) is 13.3. The molecule has 2 amide bonds. The number of rotatable bonds is 6. The van der Waals surface area contributed by atoms with Crippen LogP contribution in [0.3, 0.4) is 0 Å². The monoisotopic (exact) mass is 392 g/mol. The number of hydrogen-bond acceptors (Lipinski definition) is 4. The van der Waals surface area contributed by atoms with Gasteiger partial charge in [-0.1, -0.05) is 22.0 Å². The van der Waals surface area contributed by atoms with Gasteiger partial charge in [0.25, 0.3) is 5.91 Å². The summed E-state index contributed by atoms with van der Waals surface area (Å²) in [5, 5.41) is 5.25. The topological polar surface area (TPSA) is 76.7 Å². The Labute approximate surface area is 148 Å². The SMILES string of the molecule is COc1ccc(OC)c(NC(=O)CNC(=O)c2cccc(Br)c2)c1. The van der Waals surface area contributed by atoms with Gasteiger partial charge in [0.1, 0.15) is 11.5 Å². The van der Waals surface area contributed by atoms with Crippen molar-refractivity contribution in [1.29, 1.82) is 0 Å². The van der Waals surface area contributed by atoms with Crippen LogP contribution in [0.15, 0.2) is 46.9 Å². The molecule has 2 aromatic carbocycles. The molecule has 0 spiro atoms. The molecule has 0 aliphatic rings. The first-order valence-corrected chi connectivity index (χ1v) is 7.88. The van der Waals surface area contributed by atoms with E-state index in [9.17, 15) is 9.59 Å². The second-order valence-corrected chi connectivity index (χ2v) is 5.72. The first kappa shape index (κ1) is 17.8. The van der Waals surface area contributed by atoms with Crippen LogP contribution in [-0.4, -0.2) is 32.6 Å². The number of ether oxygens (including phenoxy) is 2. The van der Waals surface area contributed by atoms with Crippen molar-refractivity contribution in [3.63, 3.8) is 0 Å². The Hall–Kier alpha value is -2.54. The number of nitrogens with one attached hydrogen (secondary N) is 2. The van der Waals surface area contributed by atoms with Crippen molar-refractivity contribution in [3.05, 3.63) is 52.5 Å². The molecule has 0 aromatic heterocycles. The molecule has 2 aromatic rings. The van der Waals surface area contributed by atoms with Gasteiger partial charge in [0.2, 0.25) is 5.91 Å². The van der Waals surface area contributed by atoms with E-state index < -0.39 is 0 Å². The van der Waals surface area contributed by atoms with Crippen LogP contribution in [-0.2, 0) is 4.79 Å². The molecule has 2 N–H and O–H groups in total. The van der Waals surface area contributed by atoms with Crippen LogP contribution in [0.4, 0.5) is 5.69 Å². The van der Waals surface area contributed by atoms with Gasteiger partial charge in [0, 0.05) is 16.1 Å². The normalized spacial score (nSPS) is 9.96. The zero-order valence-corrected chi connectivity index (χ0v) is 14.8. The average Bonchev–Trinajstić information content (AvgIpc) is 2.59. The molecule has 0 radical (unpaired) electrons. The van der Waals surface area contributed by atoms with Crippen molar-refractivity contribution in [2.24, 2.45) is 0 Å². The molecular formula is C17H17BrN2O4. The third kappa shape index (κ3) is 4.73. The number of methoxy groups -OCH3 is 2. The van der Waals surface area contributed by atoms with E-state index in [0.717, 1.165) is 4.47 Å². The fourth-order valence-corrected chi connectivity index (χ4v) is 2.40. The Morgan fingerprint density at radius 1 is 1.08 bits per heavy atom. The smallest absolute Gasteiger partial charge is 0.251 e. The highest BCUT2D eigenvalue weighted by Crippen LogP contribution is 2.28. The van der Waals surface area contributed by atoms with E-state index in [1.165, 1.54) is 14.2 Å². The molecule has 0 saturated carbocycles. The second-order valence-electron chi connectivity index (χ2n) is 4.81.